The Bertz CT molecular complexity index is 852. The van der Waals surface area contributed by atoms with E-state index in [1.54, 1.807) is 19.3 Å². The Balaban J connectivity index is 1.66. The highest BCUT2D eigenvalue weighted by molar-refractivity contribution is 5.93. The molecule has 1 aromatic heterocycles. The minimum Gasteiger partial charge on any atom is -0.472 e. The molecule has 0 aromatic carbocycles. The first-order valence-corrected chi connectivity index (χ1v) is 9.37. The molecule has 0 bridgehead atoms. The van der Waals surface area contributed by atoms with Crippen molar-refractivity contribution in [1.82, 2.24) is 0 Å². The number of hydrogen-bond donors (Lipinski definition) is 2. The molecule has 144 valence electrons. The molecule has 1 aromatic rings. The van der Waals surface area contributed by atoms with Crippen LogP contribution in [0, 0.1) is 10.8 Å². The lowest BCUT2D eigenvalue weighted by atomic mass is 9.52. The summed E-state index contributed by atoms with van der Waals surface area (Å²) in [6, 6.07) is 1.76. The minimum absolute atomic E-state index is 0.00829. The predicted octanol–water partition coefficient (Wildman–Crippen LogP) is 1.79. The molecule has 4 aliphatic rings. The van der Waals surface area contributed by atoms with Gasteiger partial charge in [-0.25, -0.2) is 4.79 Å². The van der Waals surface area contributed by atoms with Crippen LogP contribution in [0.25, 0.3) is 0 Å². The molecular weight excluding hydrogens is 352 g/mol. The summed E-state index contributed by atoms with van der Waals surface area (Å²) in [6.07, 6.45) is 3.77. The molecule has 2 N–H and O–H groups in total. The van der Waals surface area contributed by atoms with E-state index < -0.39 is 40.6 Å². The van der Waals surface area contributed by atoms with Crippen molar-refractivity contribution in [3.8, 4) is 0 Å². The van der Waals surface area contributed by atoms with Crippen LogP contribution in [0.3, 0.4) is 0 Å². The van der Waals surface area contributed by atoms with Gasteiger partial charge < -0.3 is 24.1 Å². The van der Waals surface area contributed by atoms with Crippen LogP contribution in [0.2, 0.25) is 0 Å². The summed E-state index contributed by atoms with van der Waals surface area (Å²) < 4.78 is 16.1. The van der Waals surface area contributed by atoms with Crippen molar-refractivity contribution in [3.63, 3.8) is 0 Å². The van der Waals surface area contributed by atoms with E-state index >= 15 is 0 Å². The Morgan fingerprint density at radius 1 is 1.30 bits per heavy atom. The Hall–Kier alpha value is -2.12. The van der Waals surface area contributed by atoms with Gasteiger partial charge in [0.05, 0.1) is 29.6 Å². The average Bonchev–Trinajstić information content (AvgIpc) is 3.35. The molecule has 27 heavy (non-hydrogen) atoms. The quantitative estimate of drug-likeness (QED) is 0.570. The second-order valence-corrected chi connectivity index (χ2v) is 8.41. The van der Waals surface area contributed by atoms with Crippen molar-refractivity contribution >= 4 is 11.9 Å². The van der Waals surface area contributed by atoms with Crippen LogP contribution in [0.4, 0.5) is 0 Å². The van der Waals surface area contributed by atoms with Crippen LogP contribution in [-0.2, 0) is 19.1 Å². The van der Waals surface area contributed by atoms with Gasteiger partial charge in [0, 0.05) is 24.0 Å². The molecule has 7 nitrogen and oxygen atoms in total. The largest absolute Gasteiger partial charge is 0.472 e. The molecular formula is C20H22O7. The third kappa shape index (κ3) is 1.84. The SMILES string of the molecule is CC1(O)CC(O)C23COC(=O)C12CCCC3=C1CC(c2ccoc2)OC1=O. The maximum atomic E-state index is 12.8. The second-order valence-electron chi connectivity index (χ2n) is 8.41. The summed E-state index contributed by atoms with van der Waals surface area (Å²) >= 11 is 0. The van der Waals surface area contributed by atoms with E-state index in [-0.39, 0.29) is 13.0 Å². The molecule has 2 saturated heterocycles. The van der Waals surface area contributed by atoms with E-state index in [9.17, 15) is 19.8 Å². The zero-order valence-electron chi connectivity index (χ0n) is 15.1. The normalized spacial score (nSPS) is 46.2. The summed E-state index contributed by atoms with van der Waals surface area (Å²) in [5, 5.41) is 22.1. The fraction of sp³-hybridized carbons (Fsp3) is 0.600. The Labute approximate surface area is 155 Å². The number of carbonyl (C=O) groups excluding carboxylic acids is 2. The molecule has 4 fully saturated rings. The topological polar surface area (TPSA) is 106 Å². The number of rotatable bonds is 1. The van der Waals surface area contributed by atoms with Gasteiger partial charge in [-0.2, -0.15) is 0 Å². The first-order chi connectivity index (χ1) is 12.8. The van der Waals surface area contributed by atoms with Crippen LogP contribution < -0.4 is 0 Å². The van der Waals surface area contributed by atoms with Crippen molar-refractivity contribution < 1.29 is 33.7 Å². The first kappa shape index (κ1) is 17.0. The smallest absolute Gasteiger partial charge is 0.334 e. The van der Waals surface area contributed by atoms with Crippen molar-refractivity contribution in [2.75, 3.05) is 6.61 Å². The minimum atomic E-state index is -1.39. The van der Waals surface area contributed by atoms with E-state index in [0.29, 0.717) is 31.3 Å². The number of esters is 2. The lowest BCUT2D eigenvalue weighted by Crippen LogP contribution is -2.56. The molecule has 5 rings (SSSR count). The van der Waals surface area contributed by atoms with Crippen LogP contribution in [0.15, 0.2) is 34.2 Å². The Morgan fingerprint density at radius 3 is 2.85 bits per heavy atom. The second kappa shape index (κ2) is 5.23. The number of aliphatic hydroxyl groups is 2. The summed E-state index contributed by atoms with van der Waals surface area (Å²) in [5.41, 5.74) is -1.67. The van der Waals surface area contributed by atoms with E-state index in [0.717, 1.165) is 11.1 Å². The summed E-state index contributed by atoms with van der Waals surface area (Å²) in [4.78, 5) is 25.5. The maximum Gasteiger partial charge on any atom is 0.334 e. The van der Waals surface area contributed by atoms with Gasteiger partial charge in [-0.05, 0) is 37.8 Å². The number of hydrogen-bond acceptors (Lipinski definition) is 7. The van der Waals surface area contributed by atoms with E-state index in [4.69, 9.17) is 13.9 Å². The van der Waals surface area contributed by atoms with Gasteiger partial charge in [0.2, 0.25) is 0 Å². The Morgan fingerprint density at radius 2 is 2.11 bits per heavy atom. The van der Waals surface area contributed by atoms with Crippen molar-refractivity contribution in [3.05, 3.63) is 35.3 Å². The number of carbonyl (C=O) groups is 2. The maximum absolute atomic E-state index is 12.8. The zero-order chi connectivity index (χ0) is 19.0. The predicted molar refractivity (Wildman–Crippen MR) is 90.1 cm³/mol. The van der Waals surface area contributed by atoms with Gasteiger partial charge in [0.1, 0.15) is 18.1 Å². The van der Waals surface area contributed by atoms with Crippen LogP contribution >= 0.6 is 0 Å². The highest BCUT2D eigenvalue weighted by Crippen LogP contribution is 2.71. The van der Waals surface area contributed by atoms with Crippen LogP contribution in [0.5, 0.6) is 0 Å². The molecule has 5 unspecified atom stereocenters. The van der Waals surface area contributed by atoms with Crippen LogP contribution in [-0.4, -0.2) is 40.5 Å². The van der Waals surface area contributed by atoms with Gasteiger partial charge in [-0.3, -0.25) is 4.79 Å². The van der Waals surface area contributed by atoms with E-state index in [2.05, 4.69) is 0 Å². The number of furan rings is 1. The first-order valence-electron chi connectivity index (χ1n) is 9.37. The third-order valence-corrected chi connectivity index (χ3v) is 7.30. The molecule has 2 saturated carbocycles. The van der Waals surface area contributed by atoms with Gasteiger partial charge >= 0.3 is 11.9 Å². The lowest BCUT2D eigenvalue weighted by molar-refractivity contribution is -0.162. The van der Waals surface area contributed by atoms with Gasteiger partial charge in [0.15, 0.2) is 0 Å². The third-order valence-electron chi connectivity index (χ3n) is 7.30. The highest BCUT2D eigenvalue weighted by Gasteiger charge is 2.79. The molecule has 0 amide bonds. The standard InChI is InChI=1S/C20H22O7/c1-18(24)8-15(21)19-10-26-17(23)20(18,19)5-2-3-13(19)12-7-14(27-16(12)22)11-4-6-25-9-11/h4,6,9,14-15,21,24H,2-3,5,7-8,10H2,1H3. The van der Waals surface area contributed by atoms with Gasteiger partial charge in [-0.15, -0.1) is 0 Å². The average molecular weight is 374 g/mol. The molecule has 7 heteroatoms. The molecule has 0 radical (unpaired) electrons. The van der Waals surface area contributed by atoms with Gasteiger partial charge in [-0.1, -0.05) is 0 Å². The van der Waals surface area contributed by atoms with Gasteiger partial charge in [0.25, 0.3) is 0 Å². The van der Waals surface area contributed by atoms with E-state index in [1.165, 1.54) is 6.26 Å². The summed E-state index contributed by atoms with van der Waals surface area (Å²) in [5.74, 6) is -0.904. The summed E-state index contributed by atoms with van der Waals surface area (Å²) in [6.45, 7) is 1.59. The zero-order valence-corrected chi connectivity index (χ0v) is 15.1. The fourth-order valence-corrected chi connectivity index (χ4v) is 6.13. The number of ether oxygens (including phenoxy) is 2. The molecule has 0 spiro atoms. The van der Waals surface area contributed by atoms with Crippen LogP contribution in [0.1, 0.15) is 50.7 Å². The number of aliphatic hydroxyl groups excluding tert-OH is 1. The van der Waals surface area contributed by atoms with E-state index in [1.807, 2.05) is 0 Å². The van der Waals surface area contributed by atoms with Crippen molar-refractivity contribution in [2.24, 2.45) is 10.8 Å². The monoisotopic (exact) mass is 374 g/mol. The highest BCUT2D eigenvalue weighted by atomic mass is 16.6. The fourth-order valence-electron chi connectivity index (χ4n) is 6.13. The number of cyclic esters (lactones) is 2. The molecule has 3 heterocycles. The molecule has 5 atom stereocenters. The molecule has 2 aliphatic heterocycles. The lowest BCUT2D eigenvalue weighted by Gasteiger charge is -2.48. The Kier molecular flexibility index (Phi) is 3.30. The van der Waals surface area contributed by atoms with Crippen molar-refractivity contribution in [1.29, 1.82) is 0 Å². The van der Waals surface area contributed by atoms with Crippen molar-refractivity contribution in [2.45, 2.75) is 56.8 Å². The summed E-state index contributed by atoms with van der Waals surface area (Å²) in [7, 11) is 0. The molecule has 2 aliphatic carbocycles.